The van der Waals surface area contributed by atoms with Gasteiger partial charge >= 0.3 is 0 Å². The number of benzene rings is 2. The lowest BCUT2D eigenvalue weighted by Gasteiger charge is -2.13. The molecule has 9 heteroatoms. The molecule has 0 atom stereocenters. The van der Waals surface area contributed by atoms with Crippen molar-refractivity contribution >= 4 is 16.7 Å². The number of rotatable bonds is 3. The maximum Gasteiger partial charge on any atom is 0.173 e. The van der Waals surface area contributed by atoms with Crippen LogP contribution in [-0.4, -0.2) is 30.5 Å². The van der Waals surface area contributed by atoms with Crippen molar-refractivity contribution in [3.63, 3.8) is 0 Å². The lowest BCUT2D eigenvalue weighted by Crippen LogP contribution is -2.15. The highest BCUT2D eigenvalue weighted by molar-refractivity contribution is 6.14. The molecule has 0 radical (unpaired) electrons. The number of halogens is 2. The lowest BCUT2D eigenvalue weighted by atomic mass is 10.1. The molecule has 2 aromatic carbocycles. The molecule has 0 spiro atoms. The van der Waals surface area contributed by atoms with Crippen molar-refractivity contribution in [2.75, 3.05) is 0 Å². The van der Waals surface area contributed by atoms with Gasteiger partial charge in [0.25, 0.3) is 0 Å². The van der Waals surface area contributed by atoms with Crippen molar-refractivity contribution in [2.24, 2.45) is 17.9 Å². The minimum atomic E-state index is -0.726. The van der Waals surface area contributed by atoms with Gasteiger partial charge in [-0.05, 0) is 30.3 Å². The molecule has 0 bridgehead atoms. The standard InChI is InChI=1S/C19H15F2N5O2/c1-25-15(7-8-23-25)18-17(19(22)24-28)16-11(20)3-2-4-14(16)26(18)13-6-5-10(27)9-12(13)21/h2-9,27-28H,1H3,(H2,22,24). The summed E-state index contributed by atoms with van der Waals surface area (Å²) in [6.45, 7) is 0. The number of phenols is 1. The quantitative estimate of drug-likeness (QED) is 0.219. The van der Waals surface area contributed by atoms with Gasteiger partial charge in [0.05, 0.1) is 28.2 Å². The van der Waals surface area contributed by atoms with E-state index in [0.717, 1.165) is 6.07 Å². The number of fused-ring (bicyclic) bond motifs is 1. The van der Waals surface area contributed by atoms with Crippen LogP contribution in [0, 0.1) is 11.6 Å². The summed E-state index contributed by atoms with van der Waals surface area (Å²) in [5, 5.41) is 26.1. The topological polar surface area (TPSA) is 102 Å². The smallest absolute Gasteiger partial charge is 0.173 e. The molecular formula is C19H15F2N5O2. The van der Waals surface area contributed by atoms with Crippen LogP contribution in [-0.2, 0) is 7.05 Å². The fourth-order valence-electron chi connectivity index (χ4n) is 3.37. The Balaban J connectivity index is 2.27. The Hall–Kier alpha value is -3.88. The Morgan fingerprint density at radius 3 is 2.57 bits per heavy atom. The Morgan fingerprint density at radius 1 is 1.14 bits per heavy atom. The maximum atomic E-state index is 14.8. The second kappa shape index (κ2) is 6.38. The van der Waals surface area contributed by atoms with Gasteiger partial charge in [-0.25, -0.2) is 8.78 Å². The highest BCUT2D eigenvalue weighted by Gasteiger charge is 2.27. The molecule has 28 heavy (non-hydrogen) atoms. The van der Waals surface area contributed by atoms with Crippen molar-refractivity contribution in [2.45, 2.75) is 0 Å². The van der Waals surface area contributed by atoms with E-state index in [1.165, 1.54) is 39.7 Å². The second-order valence-electron chi connectivity index (χ2n) is 6.15. The Bertz CT molecular complexity index is 1240. The van der Waals surface area contributed by atoms with E-state index in [-0.39, 0.29) is 28.2 Å². The van der Waals surface area contributed by atoms with Gasteiger partial charge in [-0.3, -0.25) is 4.68 Å². The van der Waals surface area contributed by atoms with Gasteiger partial charge in [0, 0.05) is 24.7 Å². The van der Waals surface area contributed by atoms with Crippen LogP contribution in [0.15, 0.2) is 53.8 Å². The van der Waals surface area contributed by atoms with Gasteiger partial charge in [-0.15, -0.1) is 0 Å². The number of nitrogens with two attached hydrogens (primary N) is 1. The molecule has 4 rings (SSSR count). The molecule has 0 saturated heterocycles. The number of aryl methyl sites for hydroxylation is 1. The molecule has 0 aliphatic carbocycles. The molecule has 0 unspecified atom stereocenters. The summed E-state index contributed by atoms with van der Waals surface area (Å²) < 4.78 is 32.5. The summed E-state index contributed by atoms with van der Waals surface area (Å²) in [5.41, 5.74) is 7.15. The molecule has 4 N–H and O–H groups in total. The third-order valence-electron chi connectivity index (χ3n) is 4.54. The van der Waals surface area contributed by atoms with Crippen LogP contribution in [0.1, 0.15) is 5.56 Å². The molecule has 0 aliphatic rings. The minimum Gasteiger partial charge on any atom is -0.508 e. The fourth-order valence-corrected chi connectivity index (χ4v) is 3.37. The first kappa shape index (κ1) is 17.5. The molecule has 142 valence electrons. The zero-order valence-electron chi connectivity index (χ0n) is 14.6. The zero-order valence-corrected chi connectivity index (χ0v) is 14.6. The van der Waals surface area contributed by atoms with Crippen LogP contribution in [0.4, 0.5) is 8.78 Å². The minimum absolute atomic E-state index is 0.0570. The average molecular weight is 383 g/mol. The lowest BCUT2D eigenvalue weighted by molar-refractivity contribution is 0.318. The van der Waals surface area contributed by atoms with Crippen LogP contribution >= 0.6 is 0 Å². The molecule has 0 saturated carbocycles. The molecule has 2 aromatic heterocycles. The maximum absolute atomic E-state index is 14.8. The molecular weight excluding hydrogens is 368 g/mol. The fraction of sp³-hybridized carbons (Fsp3) is 0.0526. The number of hydrogen-bond acceptors (Lipinski definition) is 4. The largest absolute Gasteiger partial charge is 0.508 e. The van der Waals surface area contributed by atoms with E-state index in [4.69, 9.17) is 5.73 Å². The van der Waals surface area contributed by atoms with Crippen molar-refractivity contribution in [3.8, 4) is 22.8 Å². The van der Waals surface area contributed by atoms with E-state index < -0.39 is 11.6 Å². The average Bonchev–Trinajstić information content (AvgIpc) is 3.23. The Kier molecular flexibility index (Phi) is 3.99. The van der Waals surface area contributed by atoms with Crippen LogP contribution in [0.3, 0.4) is 0 Å². The Labute approximate surface area is 157 Å². The van der Waals surface area contributed by atoms with Crippen LogP contribution in [0.5, 0.6) is 5.75 Å². The SMILES string of the molecule is Cn1nccc1-c1c(C(N)=NO)c2c(F)cccc2n1-c1ccc(O)cc1F. The van der Waals surface area contributed by atoms with Crippen LogP contribution in [0.25, 0.3) is 28.0 Å². The summed E-state index contributed by atoms with van der Waals surface area (Å²) in [7, 11) is 1.66. The molecule has 0 fully saturated rings. The number of oxime groups is 1. The molecule has 7 nitrogen and oxygen atoms in total. The van der Waals surface area contributed by atoms with E-state index in [0.29, 0.717) is 16.9 Å². The predicted molar refractivity (Wildman–Crippen MR) is 99.6 cm³/mol. The summed E-state index contributed by atoms with van der Waals surface area (Å²) in [6, 6.07) is 9.60. The number of aromatic nitrogens is 3. The van der Waals surface area contributed by atoms with Gasteiger partial charge in [0.1, 0.15) is 11.6 Å². The van der Waals surface area contributed by atoms with Crippen molar-refractivity contribution in [1.29, 1.82) is 0 Å². The highest BCUT2D eigenvalue weighted by Crippen LogP contribution is 2.38. The first-order chi connectivity index (χ1) is 13.4. The van der Waals surface area contributed by atoms with Gasteiger partial charge < -0.3 is 20.6 Å². The first-order valence-corrected chi connectivity index (χ1v) is 8.22. The molecule has 0 amide bonds. The van der Waals surface area contributed by atoms with E-state index in [9.17, 15) is 19.1 Å². The second-order valence-corrected chi connectivity index (χ2v) is 6.15. The van der Waals surface area contributed by atoms with Gasteiger partial charge in [0.15, 0.2) is 11.7 Å². The Morgan fingerprint density at radius 2 is 1.93 bits per heavy atom. The van der Waals surface area contributed by atoms with E-state index in [1.54, 1.807) is 19.2 Å². The summed E-state index contributed by atoms with van der Waals surface area (Å²) >= 11 is 0. The highest BCUT2D eigenvalue weighted by atomic mass is 19.1. The molecule has 4 aromatic rings. The number of hydrogen-bond donors (Lipinski definition) is 3. The number of aromatic hydroxyl groups is 1. The van der Waals surface area contributed by atoms with Crippen molar-refractivity contribution in [3.05, 3.63) is 65.9 Å². The number of nitrogens with zero attached hydrogens (tertiary/aromatic N) is 4. The van der Waals surface area contributed by atoms with Gasteiger partial charge in [-0.2, -0.15) is 5.10 Å². The van der Waals surface area contributed by atoms with Gasteiger partial charge in [0.2, 0.25) is 0 Å². The van der Waals surface area contributed by atoms with Gasteiger partial charge in [-0.1, -0.05) is 11.2 Å². The van der Waals surface area contributed by atoms with Crippen molar-refractivity contribution < 1.29 is 19.1 Å². The summed E-state index contributed by atoms with van der Waals surface area (Å²) in [5.74, 6) is -1.91. The van der Waals surface area contributed by atoms with Crippen LogP contribution in [0.2, 0.25) is 0 Å². The van der Waals surface area contributed by atoms with E-state index >= 15 is 0 Å². The number of phenolic OH excluding ortho intramolecular Hbond substituents is 1. The molecule has 0 aliphatic heterocycles. The first-order valence-electron chi connectivity index (χ1n) is 8.22. The van der Waals surface area contributed by atoms with Crippen LogP contribution < -0.4 is 5.73 Å². The van der Waals surface area contributed by atoms with E-state index in [1.807, 2.05) is 0 Å². The third-order valence-corrected chi connectivity index (χ3v) is 4.54. The molecule has 2 heterocycles. The zero-order chi connectivity index (χ0) is 20.0. The monoisotopic (exact) mass is 383 g/mol. The normalized spacial score (nSPS) is 12.0. The summed E-state index contributed by atoms with van der Waals surface area (Å²) in [6.07, 6.45) is 1.52. The van der Waals surface area contributed by atoms with Crippen molar-refractivity contribution in [1.82, 2.24) is 14.3 Å². The summed E-state index contributed by atoms with van der Waals surface area (Å²) in [4.78, 5) is 0. The number of amidine groups is 1. The van der Waals surface area contributed by atoms with E-state index in [2.05, 4.69) is 10.3 Å². The predicted octanol–water partition coefficient (Wildman–Crippen LogP) is 3.11. The third kappa shape index (κ3) is 2.48.